The van der Waals surface area contributed by atoms with E-state index in [9.17, 15) is 0 Å². The van der Waals surface area contributed by atoms with Crippen LogP contribution in [0.4, 0.5) is 5.82 Å². The Morgan fingerprint density at radius 3 is 2.96 bits per heavy atom. The first kappa shape index (κ1) is 16.3. The number of hydrogen-bond donors (Lipinski definition) is 0. The number of aryl methyl sites for hydroxylation is 2. The Morgan fingerprint density at radius 2 is 2.21 bits per heavy atom. The van der Waals surface area contributed by atoms with Gasteiger partial charge in [-0.1, -0.05) is 6.92 Å². The lowest BCUT2D eigenvalue weighted by Gasteiger charge is -2.30. The van der Waals surface area contributed by atoms with E-state index in [1.807, 2.05) is 0 Å². The van der Waals surface area contributed by atoms with Gasteiger partial charge < -0.3 is 14.5 Å². The smallest absolute Gasteiger partial charge is 0.132 e. The van der Waals surface area contributed by atoms with Crippen molar-refractivity contribution >= 4 is 5.82 Å². The zero-order valence-corrected chi connectivity index (χ0v) is 15.5. The highest BCUT2D eigenvalue weighted by molar-refractivity contribution is 5.44. The van der Waals surface area contributed by atoms with Gasteiger partial charge in [-0.2, -0.15) is 0 Å². The highest BCUT2D eigenvalue weighted by atomic mass is 16.5. The van der Waals surface area contributed by atoms with Gasteiger partial charge in [-0.25, -0.2) is 9.97 Å². The standard InChI is InChI=1S/C19H30N4O/c1-5-6-17-20-13(2)9-18(21-17)23-11-15-14(10-22(3)4)16-7-8-19(15,12-23)24-16/h9,14-16H,5-8,10-12H2,1-4H3/t14-,15+,16+,19+/m0/s1. The second-order valence-corrected chi connectivity index (χ2v) is 8.21. The fourth-order valence-electron chi connectivity index (χ4n) is 5.14. The van der Waals surface area contributed by atoms with Gasteiger partial charge in [0.1, 0.15) is 11.6 Å². The molecule has 3 aliphatic rings. The fourth-order valence-corrected chi connectivity index (χ4v) is 5.14. The van der Waals surface area contributed by atoms with Crippen molar-refractivity contribution in [1.82, 2.24) is 14.9 Å². The molecule has 4 atom stereocenters. The number of ether oxygens (including phenoxy) is 1. The summed E-state index contributed by atoms with van der Waals surface area (Å²) in [6, 6.07) is 2.14. The number of rotatable bonds is 5. The molecule has 0 unspecified atom stereocenters. The maximum Gasteiger partial charge on any atom is 0.132 e. The molecule has 0 aromatic carbocycles. The minimum Gasteiger partial charge on any atom is -0.369 e. The molecule has 3 fully saturated rings. The van der Waals surface area contributed by atoms with Crippen molar-refractivity contribution < 1.29 is 4.74 Å². The van der Waals surface area contributed by atoms with Crippen molar-refractivity contribution in [3.8, 4) is 0 Å². The van der Waals surface area contributed by atoms with E-state index in [4.69, 9.17) is 9.72 Å². The predicted molar refractivity (Wildman–Crippen MR) is 95.3 cm³/mol. The minimum absolute atomic E-state index is 0.0785. The van der Waals surface area contributed by atoms with E-state index in [2.05, 4.69) is 48.8 Å². The summed E-state index contributed by atoms with van der Waals surface area (Å²) in [6.45, 7) is 7.48. The maximum atomic E-state index is 6.55. The highest BCUT2D eigenvalue weighted by Gasteiger charge is 2.63. The number of aromatic nitrogens is 2. The predicted octanol–water partition coefficient (Wildman–Crippen LogP) is 2.28. The molecule has 4 rings (SSSR count). The fraction of sp³-hybridized carbons (Fsp3) is 0.789. The van der Waals surface area contributed by atoms with Crippen molar-refractivity contribution in [2.75, 3.05) is 38.6 Å². The monoisotopic (exact) mass is 330 g/mol. The van der Waals surface area contributed by atoms with Crippen molar-refractivity contribution in [2.24, 2.45) is 11.8 Å². The first-order valence-electron chi connectivity index (χ1n) is 9.43. The largest absolute Gasteiger partial charge is 0.369 e. The lowest BCUT2D eigenvalue weighted by Crippen LogP contribution is -2.40. The van der Waals surface area contributed by atoms with Crippen molar-refractivity contribution in [3.63, 3.8) is 0 Å². The van der Waals surface area contributed by atoms with Crippen LogP contribution >= 0.6 is 0 Å². The van der Waals surface area contributed by atoms with E-state index < -0.39 is 0 Å². The summed E-state index contributed by atoms with van der Waals surface area (Å²) in [7, 11) is 4.35. The summed E-state index contributed by atoms with van der Waals surface area (Å²) >= 11 is 0. The summed E-state index contributed by atoms with van der Waals surface area (Å²) in [6.07, 6.45) is 4.97. The van der Waals surface area contributed by atoms with Crippen LogP contribution in [0.15, 0.2) is 6.07 Å². The molecule has 5 nitrogen and oxygen atoms in total. The third-order valence-corrected chi connectivity index (χ3v) is 6.04. The zero-order chi connectivity index (χ0) is 16.9. The van der Waals surface area contributed by atoms with Crippen molar-refractivity contribution in [3.05, 3.63) is 17.6 Å². The average molecular weight is 330 g/mol. The van der Waals surface area contributed by atoms with E-state index in [1.165, 1.54) is 12.8 Å². The van der Waals surface area contributed by atoms with Crippen molar-refractivity contribution in [2.45, 2.75) is 51.2 Å². The van der Waals surface area contributed by atoms with E-state index in [0.717, 1.165) is 49.8 Å². The van der Waals surface area contributed by atoms with E-state index >= 15 is 0 Å². The molecule has 24 heavy (non-hydrogen) atoms. The molecule has 5 heteroatoms. The van der Waals surface area contributed by atoms with Gasteiger partial charge in [-0.05, 0) is 40.3 Å². The van der Waals surface area contributed by atoms with Crippen LogP contribution in [-0.2, 0) is 11.2 Å². The van der Waals surface area contributed by atoms with Crippen LogP contribution in [0.2, 0.25) is 0 Å². The molecule has 0 aliphatic carbocycles. The van der Waals surface area contributed by atoms with Crippen LogP contribution < -0.4 is 4.90 Å². The lowest BCUT2D eigenvalue weighted by atomic mass is 9.73. The van der Waals surface area contributed by atoms with Crippen LogP contribution in [0.3, 0.4) is 0 Å². The molecule has 1 aromatic heterocycles. The zero-order valence-electron chi connectivity index (χ0n) is 15.5. The van der Waals surface area contributed by atoms with E-state index in [0.29, 0.717) is 17.9 Å². The Kier molecular flexibility index (Phi) is 4.04. The highest BCUT2D eigenvalue weighted by Crippen LogP contribution is 2.55. The molecule has 132 valence electrons. The van der Waals surface area contributed by atoms with Gasteiger partial charge in [0.05, 0.1) is 11.7 Å². The second kappa shape index (κ2) is 5.95. The van der Waals surface area contributed by atoms with Gasteiger partial charge >= 0.3 is 0 Å². The molecule has 0 amide bonds. The van der Waals surface area contributed by atoms with Crippen LogP contribution in [0.5, 0.6) is 0 Å². The molecule has 1 spiro atoms. The third-order valence-electron chi connectivity index (χ3n) is 6.04. The molecule has 0 saturated carbocycles. The first-order valence-corrected chi connectivity index (χ1v) is 9.43. The van der Waals surface area contributed by atoms with Crippen LogP contribution in [0, 0.1) is 18.8 Å². The quantitative estimate of drug-likeness (QED) is 0.828. The number of hydrogen-bond acceptors (Lipinski definition) is 5. The van der Waals surface area contributed by atoms with Crippen LogP contribution in [0.1, 0.15) is 37.7 Å². The molecule has 3 aliphatic heterocycles. The van der Waals surface area contributed by atoms with Crippen LogP contribution in [0.25, 0.3) is 0 Å². The summed E-state index contributed by atoms with van der Waals surface area (Å²) < 4.78 is 6.55. The topological polar surface area (TPSA) is 41.5 Å². The molecule has 1 aromatic rings. The summed E-state index contributed by atoms with van der Waals surface area (Å²) in [4.78, 5) is 14.2. The summed E-state index contributed by atoms with van der Waals surface area (Å²) in [5.74, 6) is 3.39. The lowest BCUT2D eigenvalue weighted by molar-refractivity contribution is 0.0136. The van der Waals surface area contributed by atoms with Gasteiger partial charge in [-0.15, -0.1) is 0 Å². The van der Waals surface area contributed by atoms with Crippen molar-refractivity contribution in [1.29, 1.82) is 0 Å². The Hall–Kier alpha value is -1.20. The SMILES string of the molecule is CCCc1nc(C)cc(N2C[C@@H]3[C@H](CN(C)C)[C@H]4CC[C@]3(C2)O4)n1. The second-order valence-electron chi connectivity index (χ2n) is 8.21. The molecule has 3 saturated heterocycles. The minimum atomic E-state index is 0.0785. The van der Waals surface area contributed by atoms with Gasteiger partial charge in [0.2, 0.25) is 0 Å². The molecule has 0 radical (unpaired) electrons. The number of nitrogens with zero attached hydrogens (tertiary/aromatic N) is 4. The van der Waals surface area contributed by atoms with Gasteiger partial charge in [-0.3, -0.25) is 0 Å². The van der Waals surface area contributed by atoms with E-state index in [1.54, 1.807) is 0 Å². The summed E-state index contributed by atoms with van der Waals surface area (Å²) in [5.41, 5.74) is 1.16. The first-order chi connectivity index (χ1) is 11.5. The molecule has 2 bridgehead atoms. The molecular weight excluding hydrogens is 300 g/mol. The Balaban J connectivity index is 1.58. The van der Waals surface area contributed by atoms with Crippen LogP contribution in [-0.4, -0.2) is 60.3 Å². The normalized spacial score (nSPS) is 34.4. The van der Waals surface area contributed by atoms with Gasteiger partial charge in [0, 0.05) is 49.7 Å². The maximum absolute atomic E-state index is 6.55. The molecule has 0 N–H and O–H groups in total. The molecule has 4 heterocycles. The average Bonchev–Trinajstić information content (AvgIpc) is 3.16. The summed E-state index contributed by atoms with van der Waals surface area (Å²) in [5, 5.41) is 0. The van der Waals surface area contributed by atoms with E-state index in [-0.39, 0.29) is 5.60 Å². The Bertz CT molecular complexity index is 619. The number of fused-ring (bicyclic) bond motifs is 1. The Labute approximate surface area is 145 Å². The Morgan fingerprint density at radius 1 is 1.38 bits per heavy atom. The number of anilines is 1. The third kappa shape index (κ3) is 2.62. The van der Waals surface area contributed by atoms with Gasteiger partial charge in [0.25, 0.3) is 0 Å². The van der Waals surface area contributed by atoms with Gasteiger partial charge in [0.15, 0.2) is 0 Å². The molecular formula is C19H30N4O.